The van der Waals surface area contributed by atoms with E-state index in [1.54, 1.807) is 6.20 Å². The van der Waals surface area contributed by atoms with Crippen LogP contribution < -0.4 is 5.32 Å². The Kier molecular flexibility index (Phi) is 2.68. The first kappa shape index (κ1) is 13.5. The van der Waals surface area contributed by atoms with Crippen LogP contribution >= 0.6 is 0 Å². The standard InChI is InChI=1S/C17H17N7/c1-17(3-4-17)11-21-15-19-9-14-13(2-6-24(14)22-15)12-8-20-16-18-5-7-23(16)10-12/h2,5-10H,3-4,11H2,1H3,(H,21,22). The number of imidazole rings is 1. The molecule has 1 aliphatic carbocycles. The van der Waals surface area contributed by atoms with Crippen LogP contribution in [-0.4, -0.2) is 35.5 Å². The molecule has 0 unspecified atom stereocenters. The number of anilines is 1. The highest BCUT2D eigenvalue weighted by molar-refractivity contribution is 5.79. The minimum Gasteiger partial charge on any atom is -0.352 e. The summed E-state index contributed by atoms with van der Waals surface area (Å²) in [4.78, 5) is 13.0. The second-order valence-electron chi connectivity index (χ2n) is 6.78. The number of nitrogens with one attached hydrogen (secondary N) is 1. The quantitative estimate of drug-likeness (QED) is 0.626. The second kappa shape index (κ2) is 4.77. The predicted octanol–water partition coefficient (Wildman–Crippen LogP) is 2.65. The zero-order chi connectivity index (χ0) is 16.1. The van der Waals surface area contributed by atoms with Crippen molar-refractivity contribution < 1.29 is 0 Å². The summed E-state index contributed by atoms with van der Waals surface area (Å²) in [6.45, 7) is 3.21. The van der Waals surface area contributed by atoms with Gasteiger partial charge in [-0.2, -0.15) is 0 Å². The normalized spacial score (nSPS) is 15.9. The number of rotatable bonds is 4. The first-order chi connectivity index (χ1) is 11.7. The fourth-order valence-corrected chi connectivity index (χ4v) is 2.86. The molecule has 7 nitrogen and oxygen atoms in total. The topological polar surface area (TPSA) is 72.4 Å². The molecule has 4 aromatic heterocycles. The van der Waals surface area contributed by atoms with Crippen LogP contribution in [0, 0.1) is 5.41 Å². The maximum Gasteiger partial charge on any atom is 0.241 e. The van der Waals surface area contributed by atoms with Crippen LogP contribution in [0.1, 0.15) is 19.8 Å². The molecule has 24 heavy (non-hydrogen) atoms. The van der Waals surface area contributed by atoms with E-state index in [0.717, 1.165) is 23.2 Å². The molecule has 0 amide bonds. The van der Waals surface area contributed by atoms with Crippen LogP contribution in [0.3, 0.4) is 0 Å². The van der Waals surface area contributed by atoms with Crippen LogP contribution in [-0.2, 0) is 0 Å². The van der Waals surface area contributed by atoms with E-state index in [4.69, 9.17) is 0 Å². The SMILES string of the molecule is CC1(CNc2ncc3c(-c4cnc5nccn5c4)ccn3n2)CC1. The van der Waals surface area contributed by atoms with E-state index in [1.165, 1.54) is 12.8 Å². The van der Waals surface area contributed by atoms with Crippen LogP contribution in [0.4, 0.5) is 5.95 Å². The molecule has 1 saturated carbocycles. The van der Waals surface area contributed by atoms with Crippen molar-refractivity contribution in [2.75, 3.05) is 11.9 Å². The summed E-state index contributed by atoms with van der Waals surface area (Å²) in [5, 5.41) is 7.90. The molecular weight excluding hydrogens is 302 g/mol. The maximum atomic E-state index is 4.56. The average molecular weight is 319 g/mol. The van der Waals surface area contributed by atoms with E-state index in [2.05, 4.69) is 32.3 Å². The lowest BCUT2D eigenvalue weighted by Gasteiger charge is -2.09. The molecule has 0 bridgehead atoms. The zero-order valence-corrected chi connectivity index (χ0v) is 13.3. The van der Waals surface area contributed by atoms with Gasteiger partial charge in [-0.05, 0) is 24.3 Å². The highest BCUT2D eigenvalue weighted by atomic mass is 15.3. The Hall–Kier alpha value is -2.96. The van der Waals surface area contributed by atoms with E-state index >= 15 is 0 Å². The lowest BCUT2D eigenvalue weighted by atomic mass is 10.1. The van der Waals surface area contributed by atoms with Gasteiger partial charge >= 0.3 is 0 Å². The molecule has 0 atom stereocenters. The molecule has 4 aromatic rings. The Balaban J connectivity index is 1.50. The summed E-state index contributed by atoms with van der Waals surface area (Å²) in [7, 11) is 0. The Labute approximate surface area is 138 Å². The van der Waals surface area contributed by atoms with Crippen molar-refractivity contribution in [2.45, 2.75) is 19.8 Å². The van der Waals surface area contributed by atoms with Crippen molar-refractivity contribution in [1.82, 2.24) is 29.0 Å². The highest BCUT2D eigenvalue weighted by Gasteiger charge is 2.36. The number of hydrogen-bond acceptors (Lipinski definition) is 5. The number of hydrogen-bond donors (Lipinski definition) is 1. The van der Waals surface area contributed by atoms with Gasteiger partial charge in [0.25, 0.3) is 0 Å². The van der Waals surface area contributed by atoms with Gasteiger partial charge in [-0.3, -0.25) is 4.40 Å². The van der Waals surface area contributed by atoms with Gasteiger partial charge in [0.1, 0.15) is 0 Å². The third-order valence-corrected chi connectivity index (χ3v) is 4.75. The van der Waals surface area contributed by atoms with E-state index in [0.29, 0.717) is 17.1 Å². The van der Waals surface area contributed by atoms with Gasteiger partial charge in [-0.1, -0.05) is 6.92 Å². The van der Waals surface area contributed by atoms with E-state index in [9.17, 15) is 0 Å². The lowest BCUT2D eigenvalue weighted by molar-refractivity contribution is 0.606. The van der Waals surface area contributed by atoms with Crippen LogP contribution in [0.5, 0.6) is 0 Å². The Bertz CT molecular complexity index is 1040. The molecule has 0 radical (unpaired) electrons. The molecule has 1 fully saturated rings. The second-order valence-corrected chi connectivity index (χ2v) is 6.78. The highest BCUT2D eigenvalue weighted by Crippen LogP contribution is 2.44. The van der Waals surface area contributed by atoms with Gasteiger partial charge in [-0.15, -0.1) is 5.10 Å². The number of fused-ring (bicyclic) bond motifs is 2. The van der Waals surface area contributed by atoms with Crippen LogP contribution in [0.15, 0.2) is 43.2 Å². The largest absolute Gasteiger partial charge is 0.352 e. The molecule has 4 heterocycles. The van der Waals surface area contributed by atoms with Gasteiger partial charge in [0, 0.05) is 48.7 Å². The Morgan fingerprint density at radius 1 is 1.17 bits per heavy atom. The predicted molar refractivity (Wildman–Crippen MR) is 90.8 cm³/mol. The van der Waals surface area contributed by atoms with Crippen LogP contribution in [0.25, 0.3) is 22.4 Å². The van der Waals surface area contributed by atoms with Crippen molar-refractivity contribution >= 4 is 17.2 Å². The summed E-state index contributed by atoms with van der Waals surface area (Å²) < 4.78 is 3.77. The van der Waals surface area contributed by atoms with E-state index in [-0.39, 0.29) is 0 Å². The minimum atomic E-state index is 0.423. The van der Waals surface area contributed by atoms with Crippen molar-refractivity contribution in [3.05, 3.63) is 43.2 Å². The van der Waals surface area contributed by atoms with Gasteiger partial charge in [0.2, 0.25) is 11.7 Å². The van der Waals surface area contributed by atoms with Crippen molar-refractivity contribution in [2.24, 2.45) is 5.41 Å². The monoisotopic (exact) mass is 319 g/mol. The molecular formula is C17H17N7. The van der Waals surface area contributed by atoms with Gasteiger partial charge in [0.15, 0.2) is 0 Å². The summed E-state index contributed by atoms with van der Waals surface area (Å²) in [5.41, 5.74) is 3.45. The summed E-state index contributed by atoms with van der Waals surface area (Å²) >= 11 is 0. The lowest BCUT2D eigenvalue weighted by Crippen LogP contribution is -2.14. The van der Waals surface area contributed by atoms with E-state index in [1.807, 2.05) is 46.0 Å². The summed E-state index contributed by atoms with van der Waals surface area (Å²) in [6, 6.07) is 2.04. The van der Waals surface area contributed by atoms with Gasteiger partial charge < -0.3 is 5.32 Å². The van der Waals surface area contributed by atoms with Crippen molar-refractivity contribution in [3.63, 3.8) is 0 Å². The van der Waals surface area contributed by atoms with Crippen molar-refractivity contribution in [1.29, 1.82) is 0 Å². The first-order valence-electron chi connectivity index (χ1n) is 8.08. The molecule has 120 valence electrons. The van der Waals surface area contributed by atoms with Gasteiger partial charge in [0.05, 0.1) is 11.7 Å². The maximum absolute atomic E-state index is 4.56. The minimum absolute atomic E-state index is 0.423. The smallest absolute Gasteiger partial charge is 0.241 e. The summed E-state index contributed by atoms with van der Waals surface area (Å²) in [5.74, 6) is 1.36. The molecule has 0 spiro atoms. The summed E-state index contributed by atoms with van der Waals surface area (Å²) in [6.07, 6.45) is 13.8. The third-order valence-electron chi connectivity index (χ3n) is 4.75. The van der Waals surface area contributed by atoms with Crippen LogP contribution in [0.2, 0.25) is 0 Å². The van der Waals surface area contributed by atoms with Gasteiger partial charge in [-0.25, -0.2) is 19.5 Å². The molecule has 1 aliphatic rings. The van der Waals surface area contributed by atoms with E-state index < -0.39 is 0 Å². The third kappa shape index (κ3) is 2.20. The average Bonchev–Trinajstić information content (AvgIpc) is 3.02. The molecule has 5 rings (SSSR count). The number of nitrogens with zero attached hydrogens (tertiary/aromatic N) is 6. The Morgan fingerprint density at radius 3 is 2.96 bits per heavy atom. The molecule has 0 saturated heterocycles. The fourth-order valence-electron chi connectivity index (χ4n) is 2.86. The zero-order valence-electron chi connectivity index (χ0n) is 13.3. The molecule has 1 N–H and O–H groups in total. The fraction of sp³-hybridized carbons (Fsp3) is 0.294. The van der Waals surface area contributed by atoms with Crippen molar-refractivity contribution in [3.8, 4) is 11.1 Å². The molecule has 7 heteroatoms. The Morgan fingerprint density at radius 2 is 2.08 bits per heavy atom. The first-order valence-corrected chi connectivity index (χ1v) is 8.08. The molecule has 0 aromatic carbocycles. The molecule has 0 aliphatic heterocycles. The number of aromatic nitrogens is 6.